The fraction of sp³-hybridized carbons (Fsp3) is 0.833. The lowest BCUT2D eigenvalue weighted by Crippen LogP contribution is -2.08. The highest BCUT2D eigenvalue weighted by atomic mass is 16.3. The summed E-state index contributed by atoms with van der Waals surface area (Å²) in [5, 5.41) is 9.41. The van der Waals surface area contributed by atoms with Crippen molar-refractivity contribution in [3.63, 3.8) is 0 Å². The van der Waals surface area contributed by atoms with Crippen LogP contribution in [0.15, 0.2) is 11.6 Å². The minimum Gasteiger partial charge on any atom is -0.389 e. The lowest BCUT2D eigenvalue weighted by molar-refractivity contribution is 0.201. The molecule has 0 aliphatic heterocycles. The van der Waals surface area contributed by atoms with Gasteiger partial charge >= 0.3 is 0 Å². The molecule has 1 atom stereocenters. The predicted octanol–water partition coefficient (Wildman–Crippen LogP) is 3.43. The molecular formula is C12H22O. The standard InChI is InChI=1S/C12H22O/c1-2-3-4-5-7-11-8-6-9-12(13)10-11/h10,12-13H,2-9H2,1H3. The van der Waals surface area contributed by atoms with Crippen LogP contribution in [0, 0.1) is 0 Å². The first-order chi connectivity index (χ1) is 6.33. The van der Waals surface area contributed by atoms with Crippen LogP contribution >= 0.6 is 0 Å². The Kier molecular flexibility index (Phi) is 5.14. The summed E-state index contributed by atoms with van der Waals surface area (Å²) in [5.74, 6) is 0. The molecule has 0 saturated heterocycles. The van der Waals surface area contributed by atoms with Crippen LogP contribution in [0.2, 0.25) is 0 Å². The third kappa shape index (κ3) is 4.47. The van der Waals surface area contributed by atoms with Crippen molar-refractivity contribution in [1.82, 2.24) is 0 Å². The fourth-order valence-corrected chi connectivity index (χ4v) is 1.96. The van der Waals surface area contributed by atoms with Gasteiger partial charge in [0.05, 0.1) is 6.10 Å². The summed E-state index contributed by atoms with van der Waals surface area (Å²) in [6, 6.07) is 0. The van der Waals surface area contributed by atoms with E-state index in [9.17, 15) is 5.11 Å². The van der Waals surface area contributed by atoms with E-state index in [1.165, 1.54) is 50.5 Å². The van der Waals surface area contributed by atoms with Gasteiger partial charge in [0.1, 0.15) is 0 Å². The summed E-state index contributed by atoms with van der Waals surface area (Å²) in [7, 11) is 0. The van der Waals surface area contributed by atoms with Crippen molar-refractivity contribution in [2.75, 3.05) is 0 Å². The van der Waals surface area contributed by atoms with Crippen molar-refractivity contribution in [1.29, 1.82) is 0 Å². The first kappa shape index (κ1) is 10.8. The molecule has 0 spiro atoms. The summed E-state index contributed by atoms with van der Waals surface area (Å²) >= 11 is 0. The third-order valence-corrected chi connectivity index (χ3v) is 2.78. The van der Waals surface area contributed by atoms with Gasteiger partial charge in [0.25, 0.3) is 0 Å². The molecule has 0 aromatic carbocycles. The van der Waals surface area contributed by atoms with Crippen molar-refractivity contribution >= 4 is 0 Å². The van der Waals surface area contributed by atoms with Crippen LogP contribution in [0.4, 0.5) is 0 Å². The van der Waals surface area contributed by atoms with Crippen LogP contribution in [0.25, 0.3) is 0 Å². The second-order valence-corrected chi connectivity index (χ2v) is 4.10. The number of hydrogen-bond acceptors (Lipinski definition) is 1. The van der Waals surface area contributed by atoms with Crippen molar-refractivity contribution in [2.45, 2.75) is 64.4 Å². The van der Waals surface area contributed by atoms with Crippen LogP contribution < -0.4 is 0 Å². The van der Waals surface area contributed by atoms with Gasteiger partial charge in [-0.3, -0.25) is 0 Å². The molecule has 1 rings (SSSR count). The molecule has 1 N–H and O–H groups in total. The lowest BCUT2D eigenvalue weighted by atomic mass is 9.93. The molecule has 0 aromatic rings. The van der Waals surface area contributed by atoms with E-state index < -0.39 is 0 Å². The molecule has 1 nitrogen and oxygen atoms in total. The summed E-state index contributed by atoms with van der Waals surface area (Å²) in [6.07, 6.45) is 11.9. The smallest absolute Gasteiger partial charge is 0.0723 e. The molecule has 0 heterocycles. The predicted molar refractivity (Wildman–Crippen MR) is 56.7 cm³/mol. The molecule has 1 aliphatic carbocycles. The van der Waals surface area contributed by atoms with Crippen molar-refractivity contribution in [3.8, 4) is 0 Å². The van der Waals surface area contributed by atoms with Gasteiger partial charge in [0, 0.05) is 0 Å². The van der Waals surface area contributed by atoms with Gasteiger partial charge in [-0.25, -0.2) is 0 Å². The number of aliphatic hydroxyl groups is 1. The lowest BCUT2D eigenvalue weighted by Gasteiger charge is -2.16. The SMILES string of the molecule is CCCCCCC1=CC(O)CCC1. The molecule has 1 heteroatoms. The highest BCUT2D eigenvalue weighted by molar-refractivity contribution is 5.08. The van der Waals surface area contributed by atoms with E-state index in [0.717, 1.165) is 6.42 Å². The molecule has 0 bridgehead atoms. The van der Waals surface area contributed by atoms with Crippen LogP contribution in [0.1, 0.15) is 58.3 Å². The van der Waals surface area contributed by atoms with Crippen LogP contribution in [0.5, 0.6) is 0 Å². The Morgan fingerprint density at radius 2 is 2.23 bits per heavy atom. The molecule has 1 aliphatic rings. The third-order valence-electron chi connectivity index (χ3n) is 2.78. The van der Waals surface area contributed by atoms with E-state index in [4.69, 9.17) is 0 Å². The van der Waals surface area contributed by atoms with Crippen molar-refractivity contribution in [3.05, 3.63) is 11.6 Å². The number of hydrogen-bond donors (Lipinski definition) is 1. The highest BCUT2D eigenvalue weighted by Gasteiger charge is 2.09. The molecular weight excluding hydrogens is 160 g/mol. The highest BCUT2D eigenvalue weighted by Crippen LogP contribution is 2.22. The van der Waals surface area contributed by atoms with Gasteiger partial charge in [0.15, 0.2) is 0 Å². The zero-order valence-corrected chi connectivity index (χ0v) is 8.76. The Labute approximate surface area is 81.9 Å². The zero-order valence-electron chi connectivity index (χ0n) is 8.76. The Morgan fingerprint density at radius 3 is 2.92 bits per heavy atom. The van der Waals surface area contributed by atoms with E-state index in [1.54, 1.807) is 0 Å². The first-order valence-corrected chi connectivity index (χ1v) is 5.70. The molecule has 13 heavy (non-hydrogen) atoms. The molecule has 0 radical (unpaired) electrons. The Bertz CT molecular complexity index is 161. The number of rotatable bonds is 5. The van der Waals surface area contributed by atoms with Crippen LogP contribution in [0.3, 0.4) is 0 Å². The monoisotopic (exact) mass is 182 g/mol. The Morgan fingerprint density at radius 1 is 1.38 bits per heavy atom. The summed E-state index contributed by atoms with van der Waals surface area (Å²) in [5.41, 5.74) is 1.50. The average Bonchev–Trinajstić information content (AvgIpc) is 2.13. The van der Waals surface area contributed by atoms with Gasteiger partial charge in [-0.2, -0.15) is 0 Å². The van der Waals surface area contributed by atoms with E-state index >= 15 is 0 Å². The van der Waals surface area contributed by atoms with Gasteiger partial charge in [-0.15, -0.1) is 0 Å². The molecule has 76 valence electrons. The molecule has 0 aromatic heterocycles. The maximum Gasteiger partial charge on any atom is 0.0723 e. The molecule has 0 fully saturated rings. The van der Waals surface area contributed by atoms with Gasteiger partial charge in [-0.1, -0.05) is 37.8 Å². The maximum atomic E-state index is 9.41. The molecule has 0 saturated carbocycles. The van der Waals surface area contributed by atoms with Crippen LogP contribution in [-0.2, 0) is 0 Å². The maximum absolute atomic E-state index is 9.41. The second kappa shape index (κ2) is 6.20. The van der Waals surface area contributed by atoms with Crippen molar-refractivity contribution < 1.29 is 5.11 Å². The summed E-state index contributed by atoms with van der Waals surface area (Å²) in [6.45, 7) is 2.24. The topological polar surface area (TPSA) is 20.2 Å². The van der Waals surface area contributed by atoms with Gasteiger partial charge in [-0.05, 0) is 32.1 Å². The molecule has 0 amide bonds. The number of allylic oxidation sites excluding steroid dienone is 1. The minimum absolute atomic E-state index is 0.144. The largest absolute Gasteiger partial charge is 0.389 e. The van der Waals surface area contributed by atoms with E-state index in [1.807, 2.05) is 0 Å². The average molecular weight is 182 g/mol. The van der Waals surface area contributed by atoms with Crippen LogP contribution in [-0.4, -0.2) is 11.2 Å². The first-order valence-electron chi connectivity index (χ1n) is 5.70. The Hall–Kier alpha value is -0.300. The zero-order chi connectivity index (χ0) is 9.52. The number of aliphatic hydroxyl groups excluding tert-OH is 1. The van der Waals surface area contributed by atoms with Gasteiger partial charge < -0.3 is 5.11 Å². The van der Waals surface area contributed by atoms with Crippen molar-refractivity contribution in [2.24, 2.45) is 0 Å². The van der Waals surface area contributed by atoms with E-state index in [2.05, 4.69) is 13.0 Å². The summed E-state index contributed by atoms with van der Waals surface area (Å²) < 4.78 is 0. The Balaban J connectivity index is 2.13. The summed E-state index contributed by atoms with van der Waals surface area (Å²) in [4.78, 5) is 0. The normalized spacial score (nSPS) is 22.9. The quantitative estimate of drug-likeness (QED) is 0.510. The van der Waals surface area contributed by atoms with Gasteiger partial charge in [0.2, 0.25) is 0 Å². The second-order valence-electron chi connectivity index (χ2n) is 4.10. The van der Waals surface area contributed by atoms with E-state index in [0.29, 0.717) is 0 Å². The fourth-order valence-electron chi connectivity index (χ4n) is 1.96. The van der Waals surface area contributed by atoms with E-state index in [-0.39, 0.29) is 6.10 Å². The molecule has 1 unspecified atom stereocenters. The minimum atomic E-state index is -0.144. The number of unbranched alkanes of at least 4 members (excludes halogenated alkanes) is 3.